The summed E-state index contributed by atoms with van der Waals surface area (Å²) in [6.07, 6.45) is 0.677. The van der Waals surface area contributed by atoms with E-state index in [1.165, 1.54) is 12.1 Å². The highest BCUT2D eigenvalue weighted by Crippen LogP contribution is 2.16. The summed E-state index contributed by atoms with van der Waals surface area (Å²) in [5.74, 6) is -1.10. The zero-order valence-corrected chi connectivity index (χ0v) is 10.4. The van der Waals surface area contributed by atoms with E-state index in [1.807, 2.05) is 11.9 Å². The molecule has 0 fully saturated rings. The van der Waals surface area contributed by atoms with Gasteiger partial charge in [0.15, 0.2) is 0 Å². The number of carbonyl (C=O) groups is 1. The fourth-order valence-corrected chi connectivity index (χ4v) is 1.73. The number of hydrogen-bond acceptors (Lipinski definition) is 2. The van der Waals surface area contributed by atoms with E-state index in [9.17, 15) is 9.18 Å². The second-order valence-corrected chi connectivity index (χ2v) is 4.41. The van der Waals surface area contributed by atoms with Gasteiger partial charge >= 0.3 is 5.97 Å². The number of halogens is 2. The van der Waals surface area contributed by atoms with Crippen LogP contribution in [0.2, 0.25) is 5.02 Å². The first-order chi connectivity index (χ1) is 7.99. The molecule has 1 aromatic carbocycles. The maximum absolute atomic E-state index is 13.4. The molecule has 0 amide bonds. The van der Waals surface area contributed by atoms with Crippen molar-refractivity contribution in [2.45, 2.75) is 19.4 Å². The molecule has 3 nitrogen and oxygen atoms in total. The van der Waals surface area contributed by atoms with E-state index in [-0.39, 0.29) is 12.2 Å². The average Bonchev–Trinajstić information content (AvgIpc) is 2.23. The van der Waals surface area contributed by atoms with Gasteiger partial charge < -0.3 is 10.0 Å². The van der Waals surface area contributed by atoms with E-state index in [1.54, 1.807) is 6.07 Å². The third-order valence-electron chi connectivity index (χ3n) is 2.38. The largest absolute Gasteiger partial charge is 0.481 e. The monoisotopic (exact) mass is 259 g/mol. The van der Waals surface area contributed by atoms with Crippen LogP contribution in [0.25, 0.3) is 0 Å². The molecular weight excluding hydrogens is 245 g/mol. The van der Waals surface area contributed by atoms with Crippen molar-refractivity contribution in [1.82, 2.24) is 4.90 Å². The Morgan fingerprint density at radius 1 is 1.53 bits per heavy atom. The molecule has 1 aromatic rings. The molecule has 0 saturated carbocycles. The molecule has 0 aromatic heterocycles. The molecule has 0 atom stereocenters. The first-order valence-corrected chi connectivity index (χ1v) is 5.71. The normalized spacial score (nSPS) is 10.8. The Bertz CT molecular complexity index is 398. The van der Waals surface area contributed by atoms with Crippen molar-refractivity contribution >= 4 is 17.6 Å². The fourth-order valence-electron chi connectivity index (χ4n) is 1.53. The Hall–Kier alpha value is -1.13. The zero-order valence-electron chi connectivity index (χ0n) is 9.62. The van der Waals surface area contributed by atoms with Crippen LogP contribution in [0.15, 0.2) is 18.2 Å². The second kappa shape index (κ2) is 6.57. The molecule has 5 heteroatoms. The lowest BCUT2D eigenvalue weighted by Crippen LogP contribution is -2.20. The predicted octanol–water partition coefficient (Wildman–Crippen LogP) is 2.78. The fraction of sp³-hybridized carbons (Fsp3) is 0.417. The van der Waals surface area contributed by atoms with Crippen molar-refractivity contribution in [2.75, 3.05) is 13.6 Å². The quantitative estimate of drug-likeness (QED) is 0.854. The van der Waals surface area contributed by atoms with Gasteiger partial charge in [0.2, 0.25) is 0 Å². The van der Waals surface area contributed by atoms with Crippen LogP contribution in [0.4, 0.5) is 4.39 Å². The molecule has 0 bridgehead atoms. The summed E-state index contributed by atoms with van der Waals surface area (Å²) in [5, 5.41) is 9.00. The minimum absolute atomic E-state index is 0.127. The van der Waals surface area contributed by atoms with Gasteiger partial charge in [0.1, 0.15) is 5.82 Å². The smallest absolute Gasteiger partial charge is 0.303 e. The lowest BCUT2D eigenvalue weighted by atomic mass is 10.2. The summed E-state index contributed by atoms with van der Waals surface area (Å²) in [6.45, 7) is 1.03. The van der Waals surface area contributed by atoms with Gasteiger partial charge in [-0.1, -0.05) is 11.6 Å². The summed E-state index contributed by atoms with van der Waals surface area (Å²) in [7, 11) is 1.82. The lowest BCUT2D eigenvalue weighted by molar-refractivity contribution is -0.137. The molecule has 0 heterocycles. The van der Waals surface area contributed by atoms with Crippen molar-refractivity contribution in [1.29, 1.82) is 0 Å². The maximum atomic E-state index is 13.4. The number of rotatable bonds is 6. The second-order valence-electron chi connectivity index (χ2n) is 3.97. The molecule has 0 saturated heterocycles. The highest BCUT2D eigenvalue weighted by atomic mass is 35.5. The zero-order chi connectivity index (χ0) is 12.8. The highest BCUT2D eigenvalue weighted by molar-refractivity contribution is 6.30. The first-order valence-electron chi connectivity index (χ1n) is 5.33. The van der Waals surface area contributed by atoms with Crippen molar-refractivity contribution < 1.29 is 14.3 Å². The van der Waals surface area contributed by atoms with Gasteiger partial charge in [-0.2, -0.15) is 0 Å². The number of hydrogen-bond donors (Lipinski definition) is 1. The van der Waals surface area contributed by atoms with Crippen molar-refractivity contribution in [3.63, 3.8) is 0 Å². The summed E-state index contributed by atoms with van der Waals surface area (Å²) in [5.41, 5.74) is 0.523. The van der Waals surface area contributed by atoms with E-state index < -0.39 is 5.97 Å². The van der Waals surface area contributed by atoms with E-state index >= 15 is 0 Å². The predicted molar refractivity (Wildman–Crippen MR) is 64.6 cm³/mol. The number of nitrogens with zero attached hydrogens (tertiary/aromatic N) is 1. The van der Waals surface area contributed by atoms with Crippen molar-refractivity contribution in [2.24, 2.45) is 0 Å². The summed E-state index contributed by atoms with van der Waals surface area (Å²) in [6, 6.07) is 4.43. The van der Waals surface area contributed by atoms with E-state index in [4.69, 9.17) is 16.7 Å². The Balaban J connectivity index is 2.47. The number of benzene rings is 1. The summed E-state index contributed by atoms with van der Waals surface area (Å²) >= 11 is 5.78. The Morgan fingerprint density at radius 3 is 2.88 bits per heavy atom. The SMILES string of the molecule is CN(CCCC(=O)O)Cc1cc(Cl)ccc1F. The third-order valence-corrected chi connectivity index (χ3v) is 2.61. The molecule has 1 N–H and O–H groups in total. The number of carboxylic acids is 1. The van der Waals surface area contributed by atoms with Crippen LogP contribution in [-0.4, -0.2) is 29.6 Å². The number of aliphatic carboxylic acids is 1. The van der Waals surface area contributed by atoms with E-state index in [0.29, 0.717) is 30.1 Å². The summed E-state index contributed by atoms with van der Waals surface area (Å²) < 4.78 is 13.4. The standard InChI is InChI=1S/C12H15ClFNO2/c1-15(6-2-3-12(16)17)8-9-7-10(13)4-5-11(9)14/h4-5,7H,2-3,6,8H2,1H3,(H,16,17). The van der Waals surface area contributed by atoms with Gasteiger partial charge in [0.05, 0.1) is 0 Å². The van der Waals surface area contributed by atoms with Crippen LogP contribution in [0.3, 0.4) is 0 Å². The van der Waals surface area contributed by atoms with Gasteiger partial charge in [-0.3, -0.25) is 4.79 Å². The molecule has 94 valence electrons. The van der Waals surface area contributed by atoms with Crippen molar-refractivity contribution in [3.05, 3.63) is 34.6 Å². The molecule has 0 aliphatic rings. The van der Waals surface area contributed by atoms with Crippen LogP contribution >= 0.6 is 11.6 Å². The summed E-state index contributed by atoms with van der Waals surface area (Å²) in [4.78, 5) is 12.2. The molecule has 0 unspecified atom stereocenters. The van der Waals surface area contributed by atoms with Crippen LogP contribution in [0, 0.1) is 5.82 Å². The minimum Gasteiger partial charge on any atom is -0.481 e. The molecule has 0 radical (unpaired) electrons. The Morgan fingerprint density at radius 2 is 2.24 bits per heavy atom. The van der Waals surface area contributed by atoms with Crippen LogP contribution < -0.4 is 0 Å². The van der Waals surface area contributed by atoms with Gasteiger partial charge in [-0.15, -0.1) is 0 Å². The van der Waals surface area contributed by atoms with Crippen LogP contribution in [0.1, 0.15) is 18.4 Å². The van der Waals surface area contributed by atoms with Gasteiger partial charge in [-0.05, 0) is 38.2 Å². The molecule has 1 rings (SSSR count). The molecule has 0 spiro atoms. The lowest BCUT2D eigenvalue weighted by Gasteiger charge is -2.16. The third kappa shape index (κ3) is 5.15. The Labute approximate surface area is 105 Å². The van der Waals surface area contributed by atoms with E-state index in [0.717, 1.165) is 0 Å². The molecule has 0 aliphatic heterocycles. The minimum atomic E-state index is -0.813. The van der Waals surface area contributed by atoms with Gasteiger partial charge in [-0.25, -0.2) is 4.39 Å². The van der Waals surface area contributed by atoms with Crippen LogP contribution in [0.5, 0.6) is 0 Å². The molecule has 17 heavy (non-hydrogen) atoms. The van der Waals surface area contributed by atoms with Gasteiger partial charge in [0.25, 0.3) is 0 Å². The van der Waals surface area contributed by atoms with Gasteiger partial charge in [0, 0.05) is 23.6 Å². The maximum Gasteiger partial charge on any atom is 0.303 e. The first kappa shape index (κ1) is 13.9. The molecule has 0 aliphatic carbocycles. The Kier molecular flexibility index (Phi) is 5.38. The number of carboxylic acid groups (broad SMARTS) is 1. The van der Waals surface area contributed by atoms with Crippen LogP contribution in [-0.2, 0) is 11.3 Å². The average molecular weight is 260 g/mol. The van der Waals surface area contributed by atoms with E-state index in [2.05, 4.69) is 0 Å². The van der Waals surface area contributed by atoms with Crippen molar-refractivity contribution in [3.8, 4) is 0 Å². The highest BCUT2D eigenvalue weighted by Gasteiger charge is 2.07. The topological polar surface area (TPSA) is 40.5 Å². The molecular formula is C12H15ClFNO2.